The highest BCUT2D eigenvalue weighted by molar-refractivity contribution is 4.90. The molecule has 0 amide bonds. The van der Waals surface area contributed by atoms with Crippen LogP contribution in [0.3, 0.4) is 0 Å². The summed E-state index contributed by atoms with van der Waals surface area (Å²) in [5, 5.41) is 3.85. The lowest BCUT2D eigenvalue weighted by Crippen LogP contribution is -2.54. The first-order valence-corrected chi connectivity index (χ1v) is 9.44. The lowest BCUT2D eigenvalue weighted by atomic mass is 9.96. The van der Waals surface area contributed by atoms with Crippen molar-refractivity contribution in [3.8, 4) is 0 Å². The van der Waals surface area contributed by atoms with Gasteiger partial charge in [-0.1, -0.05) is 33.1 Å². The average Bonchev–Trinajstić information content (AvgIpc) is 2.77. The van der Waals surface area contributed by atoms with Crippen LogP contribution in [0.4, 0.5) is 0 Å². The molecule has 1 aliphatic heterocycles. The van der Waals surface area contributed by atoms with E-state index in [-0.39, 0.29) is 0 Å². The Hall–Kier alpha value is -0.120. The molecular weight excluding hydrogens is 258 g/mol. The number of hydrogen-bond donors (Lipinski definition) is 1. The summed E-state index contributed by atoms with van der Waals surface area (Å²) in [5.74, 6) is 0. The van der Waals surface area contributed by atoms with E-state index in [0.717, 1.165) is 18.1 Å². The fraction of sp³-hybridized carbons (Fsp3) is 1.00. The van der Waals surface area contributed by atoms with Crippen LogP contribution in [0.1, 0.15) is 65.2 Å². The monoisotopic (exact) mass is 295 g/mol. The van der Waals surface area contributed by atoms with Crippen LogP contribution in [0.2, 0.25) is 0 Å². The Morgan fingerprint density at radius 3 is 2.38 bits per heavy atom. The first kappa shape index (κ1) is 17.2. The van der Waals surface area contributed by atoms with E-state index >= 15 is 0 Å². The fourth-order valence-electron chi connectivity index (χ4n) is 4.26. The predicted molar refractivity (Wildman–Crippen MR) is 91.9 cm³/mol. The minimum absolute atomic E-state index is 0.724. The summed E-state index contributed by atoms with van der Waals surface area (Å²) in [6, 6.07) is 2.29. The van der Waals surface area contributed by atoms with Gasteiger partial charge < -0.3 is 10.2 Å². The highest BCUT2D eigenvalue weighted by Gasteiger charge is 2.31. The maximum Gasteiger partial charge on any atom is 0.0249 e. The molecule has 0 aromatic rings. The average molecular weight is 296 g/mol. The van der Waals surface area contributed by atoms with E-state index in [0.29, 0.717) is 0 Å². The molecule has 2 fully saturated rings. The van der Waals surface area contributed by atoms with Crippen molar-refractivity contribution in [2.75, 3.05) is 33.2 Å². The smallest absolute Gasteiger partial charge is 0.0249 e. The summed E-state index contributed by atoms with van der Waals surface area (Å²) in [6.45, 7) is 9.57. The molecule has 0 aromatic heterocycles. The number of piperidine rings is 1. The predicted octanol–water partition coefficient (Wildman–Crippen LogP) is 3.10. The quantitative estimate of drug-likeness (QED) is 0.760. The third-order valence-corrected chi connectivity index (χ3v) is 5.74. The molecule has 1 N–H and O–H groups in total. The summed E-state index contributed by atoms with van der Waals surface area (Å²) in [7, 11) is 2.41. The molecule has 21 heavy (non-hydrogen) atoms. The minimum Gasteiger partial charge on any atom is -0.312 e. The Bertz CT molecular complexity index is 274. The minimum atomic E-state index is 0.724. The van der Waals surface area contributed by atoms with Crippen molar-refractivity contribution in [1.82, 2.24) is 15.1 Å². The molecule has 1 saturated heterocycles. The van der Waals surface area contributed by atoms with Crippen LogP contribution >= 0.6 is 0 Å². The van der Waals surface area contributed by atoms with Crippen molar-refractivity contribution in [3.05, 3.63) is 0 Å². The first-order chi connectivity index (χ1) is 10.3. The third kappa shape index (κ3) is 4.94. The number of nitrogens with one attached hydrogen (secondary N) is 1. The highest BCUT2D eigenvalue weighted by atomic mass is 15.2. The Balaban J connectivity index is 1.91. The molecule has 0 aromatic carbocycles. The topological polar surface area (TPSA) is 18.5 Å². The van der Waals surface area contributed by atoms with Crippen LogP contribution in [0.5, 0.6) is 0 Å². The number of nitrogens with zero attached hydrogens (tertiary/aromatic N) is 2. The molecule has 3 nitrogen and oxygen atoms in total. The van der Waals surface area contributed by atoms with Crippen LogP contribution in [0, 0.1) is 0 Å². The largest absolute Gasteiger partial charge is 0.312 e. The van der Waals surface area contributed by atoms with Crippen LogP contribution in [-0.4, -0.2) is 61.2 Å². The van der Waals surface area contributed by atoms with Crippen LogP contribution < -0.4 is 5.32 Å². The molecule has 0 radical (unpaired) electrons. The van der Waals surface area contributed by atoms with Crippen molar-refractivity contribution in [1.29, 1.82) is 0 Å². The van der Waals surface area contributed by atoms with Gasteiger partial charge in [-0.15, -0.1) is 0 Å². The van der Waals surface area contributed by atoms with Crippen LogP contribution in [0.25, 0.3) is 0 Å². The van der Waals surface area contributed by atoms with E-state index in [1.807, 2.05) is 0 Å². The van der Waals surface area contributed by atoms with Gasteiger partial charge in [0.25, 0.3) is 0 Å². The van der Waals surface area contributed by atoms with Crippen molar-refractivity contribution in [2.24, 2.45) is 0 Å². The number of likely N-dealkylation sites (tertiary alicyclic amines) is 1. The van der Waals surface area contributed by atoms with E-state index in [4.69, 9.17) is 0 Å². The van der Waals surface area contributed by atoms with Gasteiger partial charge >= 0.3 is 0 Å². The van der Waals surface area contributed by atoms with Crippen molar-refractivity contribution < 1.29 is 0 Å². The second kappa shape index (κ2) is 9.12. The molecule has 3 heteroatoms. The second-order valence-corrected chi connectivity index (χ2v) is 7.10. The van der Waals surface area contributed by atoms with Crippen molar-refractivity contribution >= 4 is 0 Å². The molecule has 2 aliphatic rings. The number of rotatable bonds is 6. The SMILES string of the molecule is CCCNC1CCCCCC1N(C)C1CCN(CC)CC1. The molecule has 2 rings (SSSR count). The molecular formula is C18H37N3. The number of likely N-dealkylation sites (N-methyl/N-ethyl adjacent to an activating group) is 1. The van der Waals surface area contributed by atoms with E-state index < -0.39 is 0 Å². The molecule has 1 saturated carbocycles. The first-order valence-electron chi connectivity index (χ1n) is 9.44. The van der Waals surface area contributed by atoms with E-state index in [9.17, 15) is 0 Å². The summed E-state index contributed by atoms with van der Waals surface area (Å²) < 4.78 is 0. The molecule has 2 unspecified atom stereocenters. The van der Waals surface area contributed by atoms with Gasteiger partial charge in [-0.05, 0) is 65.3 Å². The Morgan fingerprint density at radius 1 is 1.00 bits per heavy atom. The Labute approximate surface area is 132 Å². The molecule has 2 atom stereocenters. The van der Waals surface area contributed by atoms with Gasteiger partial charge in [0.1, 0.15) is 0 Å². The van der Waals surface area contributed by atoms with E-state index in [1.54, 1.807) is 0 Å². The van der Waals surface area contributed by atoms with Gasteiger partial charge in [-0.2, -0.15) is 0 Å². The van der Waals surface area contributed by atoms with Gasteiger partial charge in [0, 0.05) is 18.1 Å². The zero-order valence-electron chi connectivity index (χ0n) is 14.6. The van der Waals surface area contributed by atoms with Crippen LogP contribution in [-0.2, 0) is 0 Å². The van der Waals surface area contributed by atoms with E-state index in [1.165, 1.54) is 77.5 Å². The zero-order valence-corrected chi connectivity index (χ0v) is 14.6. The maximum atomic E-state index is 3.85. The molecule has 124 valence electrons. The normalized spacial score (nSPS) is 29.7. The molecule has 0 spiro atoms. The van der Waals surface area contributed by atoms with Gasteiger partial charge in [0.2, 0.25) is 0 Å². The van der Waals surface area contributed by atoms with Crippen molar-refractivity contribution in [3.63, 3.8) is 0 Å². The van der Waals surface area contributed by atoms with Crippen molar-refractivity contribution in [2.45, 2.75) is 83.3 Å². The standard InChI is InChI=1S/C18H37N3/c1-4-13-19-17-9-7-6-8-10-18(17)20(3)16-11-14-21(5-2)15-12-16/h16-19H,4-15H2,1-3H3. The van der Waals surface area contributed by atoms with Gasteiger partial charge in [0.05, 0.1) is 0 Å². The highest BCUT2D eigenvalue weighted by Crippen LogP contribution is 2.26. The maximum absolute atomic E-state index is 3.85. The van der Waals surface area contributed by atoms with E-state index in [2.05, 4.69) is 36.0 Å². The molecule has 0 bridgehead atoms. The Morgan fingerprint density at radius 2 is 1.71 bits per heavy atom. The van der Waals surface area contributed by atoms with Gasteiger partial charge in [-0.25, -0.2) is 0 Å². The molecule has 1 aliphatic carbocycles. The van der Waals surface area contributed by atoms with Gasteiger partial charge in [-0.3, -0.25) is 4.90 Å². The summed E-state index contributed by atoms with van der Waals surface area (Å²) in [4.78, 5) is 5.36. The summed E-state index contributed by atoms with van der Waals surface area (Å²) >= 11 is 0. The van der Waals surface area contributed by atoms with Gasteiger partial charge in [0.15, 0.2) is 0 Å². The lowest BCUT2D eigenvalue weighted by Gasteiger charge is -2.42. The Kier molecular flexibility index (Phi) is 7.48. The zero-order chi connectivity index (χ0) is 15.1. The lowest BCUT2D eigenvalue weighted by molar-refractivity contribution is 0.0778. The summed E-state index contributed by atoms with van der Waals surface area (Å²) in [6.07, 6.45) is 11.0. The van der Waals surface area contributed by atoms with Crippen LogP contribution in [0.15, 0.2) is 0 Å². The second-order valence-electron chi connectivity index (χ2n) is 7.10. The summed E-state index contributed by atoms with van der Waals surface area (Å²) in [5.41, 5.74) is 0. The molecule has 1 heterocycles. The number of hydrogen-bond acceptors (Lipinski definition) is 3. The fourth-order valence-corrected chi connectivity index (χ4v) is 4.26. The third-order valence-electron chi connectivity index (χ3n) is 5.74.